The summed E-state index contributed by atoms with van der Waals surface area (Å²) in [6, 6.07) is 7.17. The Bertz CT molecular complexity index is 441. The van der Waals surface area contributed by atoms with Gasteiger partial charge in [0.05, 0.1) is 0 Å². The summed E-state index contributed by atoms with van der Waals surface area (Å²) < 4.78 is 13.1. The number of hydrogen-bond donors (Lipinski definition) is 1. The molecule has 2 unspecified atom stereocenters. The minimum atomic E-state index is -0.168. The van der Waals surface area contributed by atoms with Gasteiger partial charge in [-0.2, -0.15) is 0 Å². The third-order valence-electron chi connectivity index (χ3n) is 4.06. The van der Waals surface area contributed by atoms with Crippen LogP contribution in [0.2, 0.25) is 0 Å². The minimum Gasteiger partial charge on any atom is -0.309 e. The second kappa shape index (κ2) is 6.53. The van der Waals surface area contributed by atoms with Crippen molar-refractivity contribution in [1.29, 1.82) is 0 Å². The van der Waals surface area contributed by atoms with Gasteiger partial charge in [-0.3, -0.25) is 0 Å². The van der Waals surface area contributed by atoms with E-state index in [4.69, 9.17) is 0 Å². The molecule has 2 atom stereocenters. The van der Waals surface area contributed by atoms with E-state index < -0.39 is 0 Å². The van der Waals surface area contributed by atoms with Crippen LogP contribution in [0.4, 0.5) is 4.39 Å². The molecule has 0 fully saturated rings. The van der Waals surface area contributed by atoms with Crippen molar-refractivity contribution in [3.63, 3.8) is 0 Å². The van der Waals surface area contributed by atoms with Crippen LogP contribution in [0.5, 0.6) is 0 Å². The molecule has 0 saturated carbocycles. The third-order valence-corrected chi connectivity index (χ3v) is 4.06. The van der Waals surface area contributed by atoms with E-state index in [9.17, 15) is 4.39 Å². The van der Waals surface area contributed by atoms with Gasteiger partial charge in [0.15, 0.2) is 0 Å². The molecule has 110 valence electrons. The fraction of sp³-hybridized carbons (Fsp3) is 0.556. The maximum absolute atomic E-state index is 13.1. The summed E-state index contributed by atoms with van der Waals surface area (Å²) in [4.78, 5) is 0. The van der Waals surface area contributed by atoms with E-state index >= 15 is 0 Å². The quantitative estimate of drug-likeness (QED) is 0.774. The van der Waals surface area contributed by atoms with Gasteiger partial charge in [0, 0.05) is 6.04 Å². The topological polar surface area (TPSA) is 12.0 Å². The van der Waals surface area contributed by atoms with Crippen molar-refractivity contribution in [1.82, 2.24) is 5.32 Å². The fourth-order valence-corrected chi connectivity index (χ4v) is 2.91. The molecule has 1 aliphatic carbocycles. The number of rotatable bonds is 4. The first kappa shape index (κ1) is 15.2. The van der Waals surface area contributed by atoms with E-state index in [0.717, 1.165) is 12.5 Å². The van der Waals surface area contributed by atoms with Gasteiger partial charge < -0.3 is 5.32 Å². The van der Waals surface area contributed by atoms with Gasteiger partial charge in [-0.05, 0) is 54.8 Å². The van der Waals surface area contributed by atoms with Gasteiger partial charge in [0.1, 0.15) is 5.82 Å². The highest BCUT2D eigenvalue weighted by Crippen LogP contribution is 2.33. The van der Waals surface area contributed by atoms with Crippen molar-refractivity contribution >= 4 is 0 Å². The molecule has 0 amide bonds. The van der Waals surface area contributed by atoms with E-state index in [0.29, 0.717) is 0 Å². The van der Waals surface area contributed by atoms with Crippen LogP contribution in [0, 0.1) is 17.2 Å². The SMILES string of the molecule is CC(C)(C)C(NCC1CC=CCC1)c1ccc(F)cc1. The van der Waals surface area contributed by atoms with Gasteiger partial charge >= 0.3 is 0 Å². The molecule has 0 aromatic heterocycles. The highest BCUT2D eigenvalue weighted by Gasteiger charge is 2.26. The fourth-order valence-electron chi connectivity index (χ4n) is 2.91. The Labute approximate surface area is 122 Å². The van der Waals surface area contributed by atoms with Gasteiger partial charge in [-0.25, -0.2) is 4.39 Å². The Balaban J connectivity index is 2.04. The lowest BCUT2D eigenvalue weighted by Gasteiger charge is -2.34. The monoisotopic (exact) mass is 275 g/mol. The largest absolute Gasteiger partial charge is 0.309 e. The Hall–Kier alpha value is -1.15. The number of halogens is 1. The first-order valence-electron chi connectivity index (χ1n) is 7.60. The average Bonchev–Trinajstić information content (AvgIpc) is 2.41. The highest BCUT2D eigenvalue weighted by atomic mass is 19.1. The van der Waals surface area contributed by atoms with Crippen molar-refractivity contribution in [3.05, 3.63) is 47.8 Å². The number of hydrogen-bond acceptors (Lipinski definition) is 1. The molecule has 1 aromatic carbocycles. The molecule has 0 heterocycles. The normalized spacial score (nSPS) is 20.9. The predicted octanol–water partition coefficient (Wildman–Crippen LogP) is 4.86. The predicted molar refractivity (Wildman–Crippen MR) is 83.1 cm³/mol. The summed E-state index contributed by atoms with van der Waals surface area (Å²) in [7, 11) is 0. The molecule has 0 radical (unpaired) electrons. The molecule has 0 aliphatic heterocycles. The van der Waals surface area contributed by atoms with E-state index in [-0.39, 0.29) is 17.3 Å². The van der Waals surface area contributed by atoms with Gasteiger partial charge in [0.25, 0.3) is 0 Å². The van der Waals surface area contributed by atoms with Crippen LogP contribution in [0.3, 0.4) is 0 Å². The Morgan fingerprint density at radius 2 is 1.90 bits per heavy atom. The zero-order valence-electron chi connectivity index (χ0n) is 12.8. The molecule has 1 aromatic rings. The molecule has 0 bridgehead atoms. The first-order chi connectivity index (χ1) is 9.47. The first-order valence-corrected chi connectivity index (χ1v) is 7.60. The average molecular weight is 275 g/mol. The highest BCUT2D eigenvalue weighted by molar-refractivity contribution is 5.21. The zero-order chi connectivity index (χ0) is 14.6. The Morgan fingerprint density at radius 1 is 1.20 bits per heavy atom. The summed E-state index contributed by atoms with van der Waals surface area (Å²) in [6.45, 7) is 7.72. The summed E-state index contributed by atoms with van der Waals surface area (Å²) in [5.74, 6) is 0.559. The van der Waals surface area contributed by atoms with Crippen LogP contribution in [0.25, 0.3) is 0 Å². The van der Waals surface area contributed by atoms with Crippen LogP contribution in [-0.2, 0) is 0 Å². The zero-order valence-corrected chi connectivity index (χ0v) is 12.8. The molecule has 0 spiro atoms. The van der Waals surface area contributed by atoms with Crippen LogP contribution >= 0.6 is 0 Å². The number of allylic oxidation sites excluding steroid dienone is 2. The molecule has 20 heavy (non-hydrogen) atoms. The van der Waals surface area contributed by atoms with Crippen LogP contribution in [0.1, 0.15) is 51.6 Å². The summed E-state index contributed by atoms with van der Waals surface area (Å²) >= 11 is 0. The number of nitrogens with one attached hydrogen (secondary N) is 1. The molecule has 0 saturated heterocycles. The van der Waals surface area contributed by atoms with E-state index in [1.807, 2.05) is 12.1 Å². The Morgan fingerprint density at radius 3 is 2.45 bits per heavy atom. The molecule has 1 nitrogen and oxygen atoms in total. The van der Waals surface area contributed by atoms with Crippen molar-refractivity contribution in [3.8, 4) is 0 Å². The molecule has 2 heteroatoms. The van der Waals surface area contributed by atoms with E-state index in [1.165, 1.54) is 24.8 Å². The lowest BCUT2D eigenvalue weighted by Crippen LogP contribution is -2.35. The molecular weight excluding hydrogens is 249 g/mol. The molecule has 1 N–H and O–H groups in total. The second-order valence-corrected chi connectivity index (χ2v) is 6.91. The lowest BCUT2D eigenvalue weighted by atomic mass is 9.81. The van der Waals surface area contributed by atoms with E-state index in [1.54, 1.807) is 12.1 Å². The third kappa shape index (κ3) is 4.17. The van der Waals surface area contributed by atoms with Crippen LogP contribution in [-0.4, -0.2) is 6.54 Å². The summed E-state index contributed by atoms with van der Waals surface area (Å²) in [5, 5.41) is 3.71. The van der Waals surface area contributed by atoms with Gasteiger partial charge in [-0.15, -0.1) is 0 Å². The van der Waals surface area contributed by atoms with E-state index in [2.05, 4.69) is 38.2 Å². The van der Waals surface area contributed by atoms with Crippen LogP contribution in [0.15, 0.2) is 36.4 Å². The van der Waals surface area contributed by atoms with Crippen molar-refractivity contribution in [2.45, 2.75) is 46.1 Å². The number of benzene rings is 1. The summed E-state index contributed by atoms with van der Waals surface area (Å²) in [6.07, 6.45) is 8.21. The molecule has 1 aliphatic rings. The lowest BCUT2D eigenvalue weighted by molar-refractivity contribution is 0.256. The van der Waals surface area contributed by atoms with Crippen molar-refractivity contribution in [2.24, 2.45) is 11.3 Å². The van der Waals surface area contributed by atoms with Gasteiger partial charge in [-0.1, -0.05) is 45.1 Å². The van der Waals surface area contributed by atoms with Crippen molar-refractivity contribution in [2.75, 3.05) is 6.54 Å². The van der Waals surface area contributed by atoms with Gasteiger partial charge in [0.2, 0.25) is 0 Å². The molecule has 2 rings (SSSR count). The maximum Gasteiger partial charge on any atom is 0.123 e. The standard InChI is InChI=1S/C18H26FN/c1-18(2,3)17(15-9-11-16(19)12-10-15)20-13-14-7-5-4-6-8-14/h4-5,9-12,14,17,20H,6-8,13H2,1-3H3. The Kier molecular flexibility index (Phi) is 4.98. The molecular formula is C18H26FN. The van der Waals surface area contributed by atoms with Crippen molar-refractivity contribution < 1.29 is 4.39 Å². The minimum absolute atomic E-state index is 0.113. The maximum atomic E-state index is 13.1. The second-order valence-electron chi connectivity index (χ2n) is 6.91. The smallest absolute Gasteiger partial charge is 0.123 e. The van der Waals surface area contributed by atoms with Crippen LogP contribution < -0.4 is 5.32 Å². The summed E-state index contributed by atoms with van der Waals surface area (Å²) in [5.41, 5.74) is 1.28.